The lowest BCUT2D eigenvalue weighted by molar-refractivity contribution is -0.143. The van der Waals surface area contributed by atoms with E-state index in [-0.39, 0.29) is 18.6 Å². The fourth-order valence-corrected chi connectivity index (χ4v) is 3.29. The minimum atomic E-state index is -3.75. The first-order chi connectivity index (χ1) is 6.90. The molecular formula is C8H13NO5S. The van der Waals surface area contributed by atoms with Gasteiger partial charge in [0, 0.05) is 6.42 Å². The molecule has 7 heteroatoms. The minimum Gasteiger partial charge on any atom is -0.480 e. The van der Waals surface area contributed by atoms with Crippen LogP contribution in [-0.2, 0) is 19.6 Å². The molecule has 0 spiro atoms. The van der Waals surface area contributed by atoms with Crippen molar-refractivity contribution in [2.45, 2.75) is 32.2 Å². The summed E-state index contributed by atoms with van der Waals surface area (Å²) in [6.45, 7) is 1.66. The lowest BCUT2D eigenvalue weighted by Gasteiger charge is -2.20. The highest BCUT2D eigenvalue weighted by Crippen LogP contribution is 2.23. The van der Waals surface area contributed by atoms with Gasteiger partial charge in [-0.25, -0.2) is 17.5 Å². The number of carboxylic acids is 1. The van der Waals surface area contributed by atoms with E-state index < -0.39 is 27.9 Å². The molecule has 1 atom stereocenters. The van der Waals surface area contributed by atoms with Gasteiger partial charge in [0.2, 0.25) is 15.9 Å². The molecule has 0 bridgehead atoms. The van der Waals surface area contributed by atoms with E-state index in [1.165, 1.54) is 0 Å². The van der Waals surface area contributed by atoms with E-state index in [2.05, 4.69) is 0 Å². The van der Waals surface area contributed by atoms with Crippen LogP contribution < -0.4 is 0 Å². The third-order valence-corrected chi connectivity index (χ3v) is 4.19. The summed E-state index contributed by atoms with van der Waals surface area (Å²) in [5.74, 6) is -2.07. The molecule has 1 heterocycles. The predicted octanol–water partition coefficient (Wildman–Crippen LogP) is -0.198. The molecule has 1 aliphatic heterocycles. The number of nitrogens with zero attached hydrogens (tertiary/aromatic N) is 1. The van der Waals surface area contributed by atoms with Crippen LogP contribution in [0.3, 0.4) is 0 Å². The van der Waals surface area contributed by atoms with Crippen LogP contribution in [0, 0.1) is 0 Å². The summed E-state index contributed by atoms with van der Waals surface area (Å²) < 4.78 is 23.7. The smallest absolute Gasteiger partial charge is 0.327 e. The van der Waals surface area contributed by atoms with E-state index in [4.69, 9.17) is 5.11 Å². The number of hydrogen-bond donors (Lipinski definition) is 1. The van der Waals surface area contributed by atoms with Crippen molar-refractivity contribution in [3.63, 3.8) is 0 Å². The second-order valence-corrected chi connectivity index (χ2v) is 5.36. The van der Waals surface area contributed by atoms with Gasteiger partial charge in [-0.05, 0) is 12.8 Å². The second-order valence-electron chi connectivity index (χ2n) is 3.40. The Kier molecular flexibility index (Phi) is 3.33. The molecule has 1 unspecified atom stereocenters. The third kappa shape index (κ3) is 2.28. The molecule has 1 N–H and O–H groups in total. The number of aliphatic carboxylic acids is 1. The highest BCUT2D eigenvalue weighted by atomic mass is 32.2. The maximum atomic E-state index is 11.6. The van der Waals surface area contributed by atoms with Gasteiger partial charge in [-0.3, -0.25) is 4.79 Å². The number of carbonyl (C=O) groups is 2. The average Bonchev–Trinajstić information content (AvgIpc) is 2.47. The van der Waals surface area contributed by atoms with Gasteiger partial charge < -0.3 is 5.11 Å². The van der Waals surface area contributed by atoms with Gasteiger partial charge in [-0.1, -0.05) is 6.92 Å². The molecule has 6 nitrogen and oxygen atoms in total. The maximum absolute atomic E-state index is 11.6. The molecule has 1 saturated heterocycles. The van der Waals surface area contributed by atoms with E-state index in [1.54, 1.807) is 6.92 Å². The van der Waals surface area contributed by atoms with E-state index in [0.717, 1.165) is 0 Å². The molecule has 0 aromatic carbocycles. The van der Waals surface area contributed by atoms with Crippen LogP contribution >= 0.6 is 0 Å². The summed E-state index contributed by atoms with van der Waals surface area (Å²) in [6, 6.07) is -1.21. The molecule has 15 heavy (non-hydrogen) atoms. The van der Waals surface area contributed by atoms with Crippen LogP contribution in [-0.4, -0.2) is 41.5 Å². The van der Waals surface area contributed by atoms with Crippen LogP contribution in [0.4, 0.5) is 0 Å². The quantitative estimate of drug-likeness (QED) is 0.728. The van der Waals surface area contributed by atoms with Gasteiger partial charge in [-0.2, -0.15) is 0 Å². The highest BCUT2D eigenvalue weighted by Gasteiger charge is 2.42. The Balaban J connectivity index is 3.00. The third-order valence-electron chi connectivity index (χ3n) is 2.21. The van der Waals surface area contributed by atoms with Crippen molar-refractivity contribution in [3.8, 4) is 0 Å². The summed E-state index contributed by atoms with van der Waals surface area (Å²) in [7, 11) is -3.75. The molecule has 0 saturated carbocycles. The summed E-state index contributed by atoms with van der Waals surface area (Å²) in [5.41, 5.74) is 0. The van der Waals surface area contributed by atoms with E-state index in [0.29, 0.717) is 10.7 Å². The largest absolute Gasteiger partial charge is 0.480 e. The standard InChI is InChI=1S/C8H13NO5S/c1-2-5-15(13,14)9-6(8(11)12)3-4-7(9)10/h6H,2-5H2,1H3,(H,11,12). The first-order valence-corrected chi connectivity index (χ1v) is 6.28. The van der Waals surface area contributed by atoms with Gasteiger partial charge in [-0.15, -0.1) is 0 Å². The molecule has 0 aromatic rings. The van der Waals surface area contributed by atoms with Crippen molar-refractivity contribution in [1.82, 2.24) is 4.31 Å². The van der Waals surface area contributed by atoms with E-state index >= 15 is 0 Å². The van der Waals surface area contributed by atoms with Gasteiger partial charge in [0.25, 0.3) is 0 Å². The topological polar surface area (TPSA) is 91.8 Å². The van der Waals surface area contributed by atoms with E-state index in [1.807, 2.05) is 0 Å². The Bertz CT molecular complexity index is 374. The van der Waals surface area contributed by atoms with Crippen molar-refractivity contribution in [2.75, 3.05) is 5.75 Å². The van der Waals surface area contributed by atoms with Gasteiger partial charge in [0.1, 0.15) is 6.04 Å². The fraction of sp³-hybridized carbons (Fsp3) is 0.750. The number of hydrogen-bond acceptors (Lipinski definition) is 4. The Morgan fingerprint density at radius 3 is 2.67 bits per heavy atom. The first-order valence-electron chi connectivity index (χ1n) is 4.68. The molecule has 0 aliphatic carbocycles. The van der Waals surface area contributed by atoms with Crippen molar-refractivity contribution in [2.24, 2.45) is 0 Å². The number of carboxylic acid groups (broad SMARTS) is 1. The molecule has 1 amide bonds. The monoisotopic (exact) mass is 235 g/mol. The molecule has 0 radical (unpaired) electrons. The zero-order valence-electron chi connectivity index (χ0n) is 8.34. The van der Waals surface area contributed by atoms with Crippen molar-refractivity contribution in [3.05, 3.63) is 0 Å². The number of amides is 1. The van der Waals surface area contributed by atoms with Gasteiger partial charge in [0.15, 0.2) is 0 Å². The van der Waals surface area contributed by atoms with Crippen molar-refractivity contribution >= 4 is 21.9 Å². The summed E-state index contributed by atoms with van der Waals surface area (Å²) in [5, 5.41) is 8.77. The number of carbonyl (C=O) groups excluding carboxylic acids is 1. The normalized spacial score (nSPS) is 22.1. The number of rotatable bonds is 4. The van der Waals surface area contributed by atoms with Crippen LogP contribution in [0.5, 0.6) is 0 Å². The van der Waals surface area contributed by atoms with Crippen LogP contribution in [0.25, 0.3) is 0 Å². The zero-order valence-corrected chi connectivity index (χ0v) is 9.16. The second kappa shape index (κ2) is 4.18. The molecular weight excluding hydrogens is 222 g/mol. The average molecular weight is 235 g/mol. The van der Waals surface area contributed by atoms with Crippen LogP contribution in [0.2, 0.25) is 0 Å². The van der Waals surface area contributed by atoms with Crippen molar-refractivity contribution in [1.29, 1.82) is 0 Å². The maximum Gasteiger partial charge on any atom is 0.327 e. The molecule has 86 valence electrons. The number of sulfonamides is 1. The van der Waals surface area contributed by atoms with E-state index in [9.17, 15) is 18.0 Å². The lowest BCUT2D eigenvalue weighted by Crippen LogP contribution is -2.43. The summed E-state index contributed by atoms with van der Waals surface area (Å²) in [4.78, 5) is 22.0. The van der Waals surface area contributed by atoms with Crippen molar-refractivity contribution < 1.29 is 23.1 Å². The summed E-state index contributed by atoms with van der Waals surface area (Å²) in [6.07, 6.45) is 0.412. The van der Waals surface area contributed by atoms with Gasteiger partial charge in [0.05, 0.1) is 5.75 Å². The Labute approximate surface area is 87.9 Å². The molecule has 1 fully saturated rings. The minimum absolute atomic E-state index is 0.0140. The Morgan fingerprint density at radius 1 is 1.60 bits per heavy atom. The first kappa shape index (κ1) is 12.0. The van der Waals surface area contributed by atoms with Gasteiger partial charge >= 0.3 is 5.97 Å². The predicted molar refractivity (Wildman–Crippen MR) is 51.6 cm³/mol. The Hall–Kier alpha value is -1.11. The lowest BCUT2D eigenvalue weighted by atomic mass is 10.2. The zero-order chi connectivity index (χ0) is 11.6. The van der Waals surface area contributed by atoms with Crippen LogP contribution in [0.1, 0.15) is 26.2 Å². The van der Waals surface area contributed by atoms with Crippen LogP contribution in [0.15, 0.2) is 0 Å². The summed E-state index contributed by atoms with van der Waals surface area (Å²) >= 11 is 0. The SMILES string of the molecule is CCCS(=O)(=O)N1C(=O)CCC1C(=O)O. The fourth-order valence-electron chi connectivity index (χ4n) is 1.59. The molecule has 1 aliphatic rings. The Morgan fingerprint density at radius 2 is 2.20 bits per heavy atom. The molecule has 1 rings (SSSR count). The molecule has 0 aromatic heterocycles. The highest BCUT2D eigenvalue weighted by molar-refractivity contribution is 7.89.